The van der Waals surface area contributed by atoms with E-state index in [1.807, 2.05) is 54.6 Å². The third-order valence-corrected chi connectivity index (χ3v) is 4.43. The highest BCUT2D eigenvalue weighted by Crippen LogP contribution is 2.33. The number of benzene rings is 2. The highest BCUT2D eigenvalue weighted by atomic mass is 35.5. The van der Waals surface area contributed by atoms with E-state index in [1.54, 1.807) is 6.21 Å². The molecule has 0 amide bonds. The second kappa shape index (κ2) is 6.57. The van der Waals surface area contributed by atoms with Crippen LogP contribution in [0.25, 0.3) is 11.6 Å². The van der Waals surface area contributed by atoms with Crippen LogP contribution in [0.15, 0.2) is 53.5 Å². The molecule has 2 N–H and O–H groups in total. The van der Waals surface area contributed by atoms with Crippen molar-refractivity contribution in [3.05, 3.63) is 76.2 Å². The fourth-order valence-electron chi connectivity index (χ4n) is 2.87. The summed E-state index contributed by atoms with van der Waals surface area (Å²) in [6.45, 7) is 0. The minimum Gasteiger partial charge on any atom is -0.492 e. The lowest BCUT2D eigenvalue weighted by atomic mass is 10.1. The Hall–Kier alpha value is -2.85. The number of imidazole rings is 1. The second-order valence-electron chi connectivity index (χ2n) is 5.92. The van der Waals surface area contributed by atoms with E-state index in [1.165, 1.54) is 5.56 Å². The normalized spacial score (nSPS) is 14.2. The number of aliphatic imine (C=N–C) groups is 1. The number of fused-ring (bicyclic) bond motifs is 1. The first-order chi connectivity index (χ1) is 12.2. The van der Waals surface area contributed by atoms with E-state index < -0.39 is 0 Å². The highest BCUT2D eigenvalue weighted by Gasteiger charge is 2.14. The monoisotopic (exact) mass is 349 g/mol. The molecule has 3 aromatic rings. The van der Waals surface area contributed by atoms with Gasteiger partial charge in [0, 0.05) is 28.8 Å². The van der Waals surface area contributed by atoms with E-state index in [0.717, 1.165) is 34.1 Å². The summed E-state index contributed by atoms with van der Waals surface area (Å²) in [7, 11) is 0. The minimum absolute atomic E-state index is 0.0105. The molecule has 1 aliphatic rings. The third kappa shape index (κ3) is 3.35. The Morgan fingerprint density at radius 3 is 2.68 bits per heavy atom. The van der Waals surface area contributed by atoms with Gasteiger partial charge in [0.25, 0.3) is 0 Å². The summed E-state index contributed by atoms with van der Waals surface area (Å²) in [4.78, 5) is 11.8. The maximum Gasteiger partial charge on any atom is 0.237 e. The number of halogens is 1. The van der Waals surface area contributed by atoms with Gasteiger partial charge in [0.2, 0.25) is 5.88 Å². The van der Waals surface area contributed by atoms with Gasteiger partial charge < -0.3 is 10.1 Å². The SMILES string of the molecule is Oc1nc(CCc2ccc(Cl)cc2)[nH]c1/C=C1\C=Nc2ccccc21. The van der Waals surface area contributed by atoms with Crippen molar-refractivity contribution in [2.45, 2.75) is 12.8 Å². The van der Waals surface area contributed by atoms with Gasteiger partial charge in [-0.2, -0.15) is 4.98 Å². The number of H-pyrrole nitrogens is 1. The Bertz CT molecular complexity index is 971. The molecule has 2 aromatic carbocycles. The lowest BCUT2D eigenvalue weighted by molar-refractivity contribution is 0.454. The van der Waals surface area contributed by atoms with E-state index in [9.17, 15) is 5.11 Å². The average Bonchev–Trinajstić information content (AvgIpc) is 3.19. The minimum atomic E-state index is 0.0105. The molecule has 2 heterocycles. The van der Waals surface area contributed by atoms with Crippen molar-refractivity contribution in [1.82, 2.24) is 9.97 Å². The van der Waals surface area contributed by atoms with Crippen LogP contribution in [0.1, 0.15) is 22.6 Å². The molecule has 4 rings (SSSR count). The van der Waals surface area contributed by atoms with Crippen molar-refractivity contribution in [3.63, 3.8) is 0 Å². The number of allylic oxidation sites excluding steroid dienone is 1. The quantitative estimate of drug-likeness (QED) is 0.710. The standard InChI is InChI=1S/C20H16ClN3O/c21-15-8-5-13(6-9-15)7-10-19-23-18(20(25)24-19)11-14-12-22-17-4-2-1-3-16(14)17/h1-6,8-9,11-12,25H,7,10H2,(H,23,24)/b14-11+. The molecule has 0 bridgehead atoms. The third-order valence-electron chi connectivity index (χ3n) is 4.18. The molecule has 1 aliphatic heterocycles. The zero-order valence-electron chi connectivity index (χ0n) is 13.4. The summed E-state index contributed by atoms with van der Waals surface area (Å²) >= 11 is 5.90. The summed E-state index contributed by atoms with van der Waals surface area (Å²) < 4.78 is 0. The van der Waals surface area contributed by atoms with Crippen LogP contribution in [0, 0.1) is 0 Å². The maximum atomic E-state index is 10.1. The van der Waals surface area contributed by atoms with Crippen LogP contribution >= 0.6 is 11.6 Å². The summed E-state index contributed by atoms with van der Waals surface area (Å²) in [5.74, 6) is 0.763. The van der Waals surface area contributed by atoms with Gasteiger partial charge in [-0.05, 0) is 36.3 Å². The summed E-state index contributed by atoms with van der Waals surface area (Å²) in [6.07, 6.45) is 5.22. The van der Waals surface area contributed by atoms with Crippen molar-refractivity contribution >= 4 is 35.2 Å². The molecular weight excluding hydrogens is 334 g/mol. The Morgan fingerprint density at radius 2 is 1.84 bits per heavy atom. The number of para-hydroxylation sites is 1. The number of aromatic amines is 1. The summed E-state index contributed by atoms with van der Waals surface area (Å²) in [5.41, 5.74) is 4.73. The molecule has 25 heavy (non-hydrogen) atoms. The average molecular weight is 350 g/mol. The van der Waals surface area contributed by atoms with Gasteiger partial charge in [0.1, 0.15) is 11.5 Å². The maximum absolute atomic E-state index is 10.1. The zero-order valence-corrected chi connectivity index (χ0v) is 14.2. The molecule has 5 heteroatoms. The van der Waals surface area contributed by atoms with Crippen molar-refractivity contribution in [1.29, 1.82) is 0 Å². The van der Waals surface area contributed by atoms with Crippen LogP contribution < -0.4 is 0 Å². The van der Waals surface area contributed by atoms with Crippen LogP contribution in [0.5, 0.6) is 5.88 Å². The fraction of sp³-hybridized carbons (Fsp3) is 0.100. The van der Waals surface area contributed by atoms with Gasteiger partial charge in [-0.3, -0.25) is 4.99 Å². The van der Waals surface area contributed by atoms with Crippen LogP contribution in [-0.2, 0) is 12.8 Å². The molecule has 0 spiro atoms. The fourth-order valence-corrected chi connectivity index (χ4v) is 3.00. The lowest BCUT2D eigenvalue weighted by Gasteiger charge is -1.99. The topological polar surface area (TPSA) is 61.3 Å². The number of rotatable bonds is 4. The molecule has 0 saturated carbocycles. The highest BCUT2D eigenvalue weighted by molar-refractivity contribution is 6.30. The molecule has 0 saturated heterocycles. The van der Waals surface area contributed by atoms with Gasteiger partial charge in [-0.15, -0.1) is 0 Å². The lowest BCUT2D eigenvalue weighted by Crippen LogP contribution is -1.93. The van der Waals surface area contributed by atoms with Gasteiger partial charge in [-0.25, -0.2) is 0 Å². The smallest absolute Gasteiger partial charge is 0.237 e. The predicted molar refractivity (Wildman–Crippen MR) is 102 cm³/mol. The second-order valence-corrected chi connectivity index (χ2v) is 6.36. The number of hydrogen-bond acceptors (Lipinski definition) is 3. The Labute approximate surface area is 150 Å². The molecule has 0 atom stereocenters. The zero-order chi connectivity index (χ0) is 17.2. The summed E-state index contributed by atoms with van der Waals surface area (Å²) in [6, 6.07) is 15.7. The first-order valence-corrected chi connectivity index (χ1v) is 8.44. The predicted octanol–water partition coefficient (Wildman–Crippen LogP) is 4.81. The number of hydrogen-bond donors (Lipinski definition) is 2. The number of aryl methyl sites for hydroxylation is 2. The molecule has 4 nitrogen and oxygen atoms in total. The molecular formula is C20H16ClN3O. The van der Waals surface area contributed by atoms with Crippen LogP contribution in [0.3, 0.4) is 0 Å². The molecule has 124 valence electrons. The molecule has 0 fully saturated rings. The first kappa shape index (κ1) is 15.7. The van der Waals surface area contributed by atoms with Crippen molar-refractivity contribution in [2.24, 2.45) is 4.99 Å². The molecule has 0 unspecified atom stereocenters. The van der Waals surface area contributed by atoms with Crippen LogP contribution in [0.2, 0.25) is 5.02 Å². The van der Waals surface area contributed by atoms with Gasteiger partial charge in [-0.1, -0.05) is 41.9 Å². The number of nitrogens with one attached hydrogen (secondary N) is 1. The van der Waals surface area contributed by atoms with Gasteiger partial charge in [0.15, 0.2) is 0 Å². The Kier molecular flexibility index (Phi) is 4.12. The molecule has 0 aliphatic carbocycles. The van der Waals surface area contributed by atoms with Crippen molar-refractivity contribution in [3.8, 4) is 5.88 Å². The number of nitrogens with zero attached hydrogens (tertiary/aromatic N) is 2. The van der Waals surface area contributed by atoms with E-state index in [-0.39, 0.29) is 5.88 Å². The van der Waals surface area contributed by atoms with Crippen molar-refractivity contribution in [2.75, 3.05) is 0 Å². The van der Waals surface area contributed by atoms with Gasteiger partial charge in [0.05, 0.1) is 5.69 Å². The van der Waals surface area contributed by atoms with E-state index >= 15 is 0 Å². The van der Waals surface area contributed by atoms with E-state index in [2.05, 4.69) is 15.0 Å². The summed E-state index contributed by atoms with van der Waals surface area (Å²) in [5, 5.41) is 10.9. The molecule has 1 aromatic heterocycles. The Balaban J connectivity index is 1.52. The number of aromatic nitrogens is 2. The number of aromatic hydroxyl groups is 1. The molecule has 0 radical (unpaired) electrons. The van der Waals surface area contributed by atoms with Crippen LogP contribution in [-0.4, -0.2) is 21.3 Å². The van der Waals surface area contributed by atoms with Crippen LogP contribution in [0.4, 0.5) is 5.69 Å². The largest absolute Gasteiger partial charge is 0.492 e. The van der Waals surface area contributed by atoms with Gasteiger partial charge >= 0.3 is 0 Å². The van der Waals surface area contributed by atoms with E-state index in [0.29, 0.717) is 12.1 Å². The Morgan fingerprint density at radius 1 is 1.04 bits per heavy atom. The van der Waals surface area contributed by atoms with Crippen molar-refractivity contribution < 1.29 is 5.11 Å². The van der Waals surface area contributed by atoms with E-state index in [4.69, 9.17) is 11.6 Å². The first-order valence-electron chi connectivity index (χ1n) is 8.06.